The van der Waals surface area contributed by atoms with Crippen molar-refractivity contribution in [1.29, 1.82) is 0 Å². The Labute approximate surface area is 313 Å². The summed E-state index contributed by atoms with van der Waals surface area (Å²) in [5, 5.41) is 0. The van der Waals surface area contributed by atoms with Crippen LogP contribution in [-0.2, 0) is 10.8 Å². The van der Waals surface area contributed by atoms with E-state index in [1.807, 2.05) is 0 Å². The molecule has 4 aliphatic rings. The molecule has 0 amide bonds. The van der Waals surface area contributed by atoms with Crippen LogP contribution in [-0.4, -0.2) is 0 Å². The van der Waals surface area contributed by atoms with E-state index in [0.29, 0.717) is 5.92 Å². The van der Waals surface area contributed by atoms with Crippen molar-refractivity contribution in [2.75, 3.05) is 4.90 Å². The zero-order valence-corrected chi connectivity index (χ0v) is 30.6. The van der Waals surface area contributed by atoms with Gasteiger partial charge in [0, 0.05) is 22.5 Å². The van der Waals surface area contributed by atoms with Crippen molar-refractivity contribution in [1.82, 2.24) is 0 Å². The first kappa shape index (κ1) is 30.9. The van der Waals surface area contributed by atoms with Gasteiger partial charge in [0.15, 0.2) is 0 Å². The van der Waals surface area contributed by atoms with Crippen LogP contribution in [0.25, 0.3) is 33.4 Å². The molecule has 0 heterocycles. The number of fused-ring (bicyclic) bond motifs is 13. The second-order valence-corrected chi connectivity index (χ2v) is 16.3. The summed E-state index contributed by atoms with van der Waals surface area (Å²) < 4.78 is 0. The molecule has 0 aliphatic heterocycles. The molecule has 53 heavy (non-hydrogen) atoms. The van der Waals surface area contributed by atoms with Crippen LogP contribution in [0.15, 0.2) is 158 Å². The van der Waals surface area contributed by atoms with Crippen molar-refractivity contribution < 1.29 is 0 Å². The zero-order chi connectivity index (χ0) is 35.3. The largest absolute Gasteiger partial charge is 0.310 e. The molecule has 1 nitrogen and oxygen atoms in total. The highest BCUT2D eigenvalue weighted by atomic mass is 15.1. The van der Waals surface area contributed by atoms with Gasteiger partial charge in [-0.1, -0.05) is 154 Å². The van der Waals surface area contributed by atoms with E-state index in [4.69, 9.17) is 0 Å². The van der Waals surface area contributed by atoms with Gasteiger partial charge >= 0.3 is 0 Å². The van der Waals surface area contributed by atoms with Crippen molar-refractivity contribution in [3.05, 3.63) is 197 Å². The predicted octanol–water partition coefficient (Wildman–Crippen LogP) is 13.9. The molecule has 1 saturated carbocycles. The number of para-hydroxylation sites is 1. The number of anilines is 3. The van der Waals surface area contributed by atoms with Crippen molar-refractivity contribution in [3.8, 4) is 33.4 Å². The Kier molecular flexibility index (Phi) is 6.66. The van der Waals surface area contributed by atoms with E-state index in [2.05, 4.69) is 176 Å². The van der Waals surface area contributed by atoms with Gasteiger partial charge in [0.1, 0.15) is 0 Å². The van der Waals surface area contributed by atoms with E-state index in [1.54, 1.807) is 0 Å². The minimum Gasteiger partial charge on any atom is -0.310 e. The fourth-order valence-electron chi connectivity index (χ4n) is 10.8. The summed E-state index contributed by atoms with van der Waals surface area (Å²) in [5.74, 6) is 0.640. The van der Waals surface area contributed by atoms with Gasteiger partial charge in [-0.25, -0.2) is 0 Å². The molecule has 0 aromatic heterocycles. The highest BCUT2D eigenvalue weighted by molar-refractivity contribution is 5.96. The topological polar surface area (TPSA) is 3.24 Å². The Morgan fingerprint density at radius 1 is 0.396 bits per heavy atom. The van der Waals surface area contributed by atoms with Gasteiger partial charge < -0.3 is 4.90 Å². The van der Waals surface area contributed by atoms with E-state index in [9.17, 15) is 0 Å². The lowest BCUT2D eigenvalue weighted by molar-refractivity contribution is 0.443. The summed E-state index contributed by atoms with van der Waals surface area (Å²) in [6, 6.07) is 60.3. The minimum atomic E-state index is -0.386. The molecule has 11 rings (SSSR count). The summed E-state index contributed by atoms with van der Waals surface area (Å²) in [5.41, 5.74) is 21.2. The molecule has 1 spiro atoms. The third-order valence-corrected chi connectivity index (χ3v) is 13.3. The number of rotatable bonds is 4. The van der Waals surface area contributed by atoms with E-state index >= 15 is 0 Å². The maximum Gasteiger partial charge on any atom is 0.0726 e. The normalized spacial score (nSPS) is 16.7. The third kappa shape index (κ3) is 4.25. The van der Waals surface area contributed by atoms with Crippen LogP contribution in [0.3, 0.4) is 0 Å². The Balaban J connectivity index is 1.15. The van der Waals surface area contributed by atoms with E-state index < -0.39 is 0 Å². The SMILES string of the molecule is CC1(C)c2ccccc2-c2ccc(N(c3ccccc3)c3ccc4c(c3)C3(c5ccccc5-c5ccccc53)c3cc(C5CCCCC5)ccc3-4)cc21. The van der Waals surface area contributed by atoms with Crippen molar-refractivity contribution in [2.24, 2.45) is 0 Å². The fraction of sp³-hybridized carbons (Fsp3) is 0.192. The lowest BCUT2D eigenvalue weighted by atomic mass is 9.69. The average Bonchev–Trinajstić information content (AvgIpc) is 3.77. The van der Waals surface area contributed by atoms with Crippen LogP contribution in [0.1, 0.15) is 90.8 Å². The highest BCUT2D eigenvalue weighted by Gasteiger charge is 2.52. The molecule has 4 aliphatic carbocycles. The number of hydrogen-bond acceptors (Lipinski definition) is 1. The standard InChI is InChI=1S/C52H43N/c1-51(2)45-22-12-9-19-39(45)42-29-26-37(32-48(42)51)53(36-17-7-4-8-18-36)38-27-30-44-43-28-25-35(34-15-5-3-6-16-34)31-49(43)52(50(44)33-38)46-23-13-10-20-40(46)41-21-11-14-24-47(41)52/h4,7-14,17-34H,3,5-6,15-16H2,1-2H3. The average molecular weight is 682 g/mol. The molecule has 1 fully saturated rings. The first-order valence-corrected chi connectivity index (χ1v) is 19.6. The Morgan fingerprint density at radius 3 is 1.51 bits per heavy atom. The molecular weight excluding hydrogens is 639 g/mol. The van der Waals surface area contributed by atoms with Crippen LogP contribution >= 0.6 is 0 Å². The molecule has 256 valence electrons. The maximum atomic E-state index is 2.62. The second kappa shape index (κ2) is 11.4. The van der Waals surface area contributed by atoms with Crippen molar-refractivity contribution in [3.63, 3.8) is 0 Å². The molecule has 1 heteroatoms. The molecule has 7 aromatic carbocycles. The van der Waals surface area contributed by atoms with Crippen molar-refractivity contribution in [2.45, 2.75) is 62.7 Å². The van der Waals surface area contributed by atoms with E-state index in [-0.39, 0.29) is 10.8 Å². The molecule has 0 atom stereocenters. The summed E-state index contributed by atoms with van der Waals surface area (Å²) >= 11 is 0. The summed E-state index contributed by atoms with van der Waals surface area (Å²) in [6.45, 7) is 4.75. The Bertz CT molecular complexity index is 2540. The molecule has 7 aromatic rings. The van der Waals surface area contributed by atoms with E-state index in [0.717, 1.165) is 5.69 Å². The quantitative estimate of drug-likeness (QED) is 0.179. The molecule has 0 radical (unpaired) electrons. The van der Waals surface area contributed by atoms with Gasteiger partial charge in [-0.15, -0.1) is 0 Å². The fourth-order valence-corrected chi connectivity index (χ4v) is 10.8. The molecule has 0 N–H and O–H groups in total. The zero-order valence-electron chi connectivity index (χ0n) is 30.6. The van der Waals surface area contributed by atoms with E-state index in [1.165, 1.54) is 116 Å². The lowest BCUT2D eigenvalue weighted by Gasteiger charge is -2.33. The predicted molar refractivity (Wildman–Crippen MR) is 221 cm³/mol. The molecule has 0 bridgehead atoms. The first-order valence-electron chi connectivity index (χ1n) is 19.6. The smallest absolute Gasteiger partial charge is 0.0726 e. The van der Waals surface area contributed by atoms with Crippen LogP contribution in [0.2, 0.25) is 0 Å². The Morgan fingerprint density at radius 2 is 0.868 bits per heavy atom. The number of nitrogens with zero attached hydrogens (tertiary/aromatic N) is 1. The van der Waals surface area contributed by atoms with Gasteiger partial charge in [0.2, 0.25) is 0 Å². The second-order valence-electron chi connectivity index (χ2n) is 16.3. The van der Waals surface area contributed by atoms with Gasteiger partial charge in [-0.05, 0) is 127 Å². The lowest BCUT2D eigenvalue weighted by Crippen LogP contribution is -2.26. The highest BCUT2D eigenvalue weighted by Crippen LogP contribution is 2.64. The first-order chi connectivity index (χ1) is 26.0. The van der Waals surface area contributed by atoms with Gasteiger partial charge in [0.05, 0.1) is 5.41 Å². The third-order valence-electron chi connectivity index (χ3n) is 13.3. The Hall–Kier alpha value is -5.66. The van der Waals surface area contributed by atoms with Crippen LogP contribution in [0, 0.1) is 0 Å². The van der Waals surface area contributed by atoms with Crippen LogP contribution in [0.4, 0.5) is 17.1 Å². The summed E-state index contributed by atoms with van der Waals surface area (Å²) in [6.07, 6.45) is 6.63. The van der Waals surface area contributed by atoms with Gasteiger partial charge in [-0.3, -0.25) is 0 Å². The maximum absolute atomic E-state index is 2.62. The van der Waals surface area contributed by atoms with Crippen molar-refractivity contribution >= 4 is 17.1 Å². The van der Waals surface area contributed by atoms with Crippen LogP contribution < -0.4 is 4.90 Å². The summed E-state index contributed by atoms with van der Waals surface area (Å²) in [4.78, 5) is 2.48. The molecule has 0 unspecified atom stereocenters. The summed E-state index contributed by atoms with van der Waals surface area (Å²) in [7, 11) is 0. The van der Waals surface area contributed by atoms with Gasteiger partial charge in [-0.2, -0.15) is 0 Å². The number of hydrogen-bond donors (Lipinski definition) is 0. The minimum absolute atomic E-state index is 0.0821. The monoisotopic (exact) mass is 681 g/mol. The van der Waals surface area contributed by atoms with Crippen LogP contribution in [0.5, 0.6) is 0 Å². The molecular formula is C52H43N. The van der Waals surface area contributed by atoms with Gasteiger partial charge in [0.25, 0.3) is 0 Å². The molecule has 0 saturated heterocycles. The number of benzene rings is 7.